The lowest BCUT2D eigenvalue weighted by atomic mass is 10.0. The van der Waals surface area contributed by atoms with Crippen LogP contribution in [0.25, 0.3) is 10.8 Å². The van der Waals surface area contributed by atoms with E-state index < -0.39 is 17.7 Å². The Kier molecular flexibility index (Phi) is 2.49. The number of aromatic carboxylic acids is 1. The maximum absolute atomic E-state index is 12.4. The lowest BCUT2D eigenvalue weighted by molar-refractivity contribution is -0.137. The Bertz CT molecular complexity index is 593. The van der Waals surface area contributed by atoms with Gasteiger partial charge in [-0.05, 0) is 17.5 Å². The molecule has 0 radical (unpaired) electrons. The number of carboxylic acids is 1. The van der Waals surface area contributed by atoms with Crippen LogP contribution in [0.4, 0.5) is 13.2 Å². The zero-order valence-corrected chi connectivity index (χ0v) is 8.32. The third-order valence-corrected chi connectivity index (χ3v) is 2.32. The van der Waals surface area contributed by atoms with E-state index in [-0.39, 0.29) is 16.3 Å². The van der Waals surface area contributed by atoms with Gasteiger partial charge >= 0.3 is 12.1 Å². The number of carboxylic acid groups (broad SMARTS) is 1. The summed E-state index contributed by atoms with van der Waals surface area (Å²) >= 11 is 0. The van der Waals surface area contributed by atoms with Gasteiger partial charge in [0.2, 0.25) is 0 Å². The highest BCUT2D eigenvalue weighted by Crippen LogP contribution is 2.31. The number of benzene rings is 1. The molecule has 1 aromatic carbocycles. The van der Waals surface area contributed by atoms with Crippen LogP contribution >= 0.6 is 0 Å². The maximum atomic E-state index is 12.4. The first-order valence-electron chi connectivity index (χ1n) is 4.58. The number of hydrogen-bond donors (Lipinski definition) is 1. The first-order valence-corrected chi connectivity index (χ1v) is 4.58. The van der Waals surface area contributed by atoms with Gasteiger partial charge in [-0.3, -0.25) is 4.98 Å². The molecule has 1 heterocycles. The van der Waals surface area contributed by atoms with Crippen LogP contribution in [0.1, 0.15) is 15.9 Å². The van der Waals surface area contributed by atoms with E-state index in [1.807, 2.05) is 0 Å². The number of rotatable bonds is 1. The number of nitrogens with zero attached hydrogens (tertiary/aromatic N) is 1. The predicted octanol–water partition coefficient (Wildman–Crippen LogP) is 2.95. The van der Waals surface area contributed by atoms with Crippen LogP contribution in [0.5, 0.6) is 0 Å². The van der Waals surface area contributed by atoms with Crippen molar-refractivity contribution in [1.82, 2.24) is 4.98 Å². The molecule has 17 heavy (non-hydrogen) atoms. The van der Waals surface area contributed by atoms with Crippen molar-refractivity contribution in [3.05, 3.63) is 41.7 Å². The minimum Gasteiger partial charge on any atom is -0.478 e. The summed E-state index contributed by atoms with van der Waals surface area (Å²) in [6.45, 7) is 0. The van der Waals surface area contributed by atoms with Crippen molar-refractivity contribution in [3.8, 4) is 0 Å². The molecule has 0 unspecified atom stereocenters. The smallest absolute Gasteiger partial charge is 0.416 e. The standard InChI is InChI=1S/C11H6F3NO2/c12-11(13,14)7-1-2-8-6(3-7)4-15-5-9(8)10(16)17/h1-5H,(H,16,17). The van der Waals surface area contributed by atoms with Crippen LogP contribution in [0, 0.1) is 0 Å². The van der Waals surface area contributed by atoms with Crippen LogP contribution < -0.4 is 0 Å². The summed E-state index contributed by atoms with van der Waals surface area (Å²) in [6, 6.07) is 2.88. The molecular weight excluding hydrogens is 235 g/mol. The van der Waals surface area contributed by atoms with Crippen LogP contribution in [0.2, 0.25) is 0 Å². The van der Waals surface area contributed by atoms with Gasteiger partial charge in [-0.25, -0.2) is 4.79 Å². The van der Waals surface area contributed by atoms with Gasteiger partial charge in [0.05, 0.1) is 11.1 Å². The average molecular weight is 241 g/mol. The Balaban J connectivity index is 2.69. The van der Waals surface area contributed by atoms with E-state index in [9.17, 15) is 18.0 Å². The van der Waals surface area contributed by atoms with E-state index >= 15 is 0 Å². The third-order valence-electron chi connectivity index (χ3n) is 2.32. The van der Waals surface area contributed by atoms with Gasteiger partial charge in [0.25, 0.3) is 0 Å². The molecule has 3 nitrogen and oxygen atoms in total. The molecule has 0 aliphatic heterocycles. The lowest BCUT2D eigenvalue weighted by Crippen LogP contribution is -2.05. The number of alkyl halides is 3. The lowest BCUT2D eigenvalue weighted by Gasteiger charge is -2.08. The number of hydrogen-bond acceptors (Lipinski definition) is 2. The van der Waals surface area contributed by atoms with Crippen molar-refractivity contribution in [1.29, 1.82) is 0 Å². The molecule has 0 atom stereocenters. The summed E-state index contributed by atoms with van der Waals surface area (Å²) in [5.41, 5.74) is -0.939. The fraction of sp³-hybridized carbons (Fsp3) is 0.0909. The van der Waals surface area contributed by atoms with Gasteiger partial charge < -0.3 is 5.11 Å². The molecule has 1 N–H and O–H groups in total. The van der Waals surface area contributed by atoms with Crippen LogP contribution in [-0.2, 0) is 6.18 Å². The Morgan fingerprint density at radius 3 is 2.53 bits per heavy atom. The quantitative estimate of drug-likeness (QED) is 0.835. The molecule has 0 aliphatic carbocycles. The van der Waals surface area contributed by atoms with Gasteiger partial charge in [-0.15, -0.1) is 0 Å². The zero-order valence-electron chi connectivity index (χ0n) is 8.32. The fourth-order valence-electron chi connectivity index (χ4n) is 1.52. The molecule has 0 saturated heterocycles. The van der Waals surface area contributed by atoms with Gasteiger partial charge in [0.1, 0.15) is 0 Å². The number of halogens is 3. The van der Waals surface area contributed by atoms with E-state index in [1.54, 1.807) is 0 Å². The average Bonchev–Trinajstić information content (AvgIpc) is 2.26. The van der Waals surface area contributed by atoms with Gasteiger partial charge in [0.15, 0.2) is 0 Å². The highest BCUT2D eigenvalue weighted by atomic mass is 19.4. The molecule has 0 saturated carbocycles. The monoisotopic (exact) mass is 241 g/mol. The molecule has 6 heteroatoms. The van der Waals surface area contributed by atoms with E-state index in [1.165, 1.54) is 6.20 Å². The number of aromatic nitrogens is 1. The normalized spacial score (nSPS) is 11.7. The number of fused-ring (bicyclic) bond motifs is 1. The third kappa shape index (κ3) is 2.06. The summed E-state index contributed by atoms with van der Waals surface area (Å²) in [4.78, 5) is 14.4. The molecule has 88 valence electrons. The Hall–Kier alpha value is -2.11. The Labute approximate surface area is 93.5 Å². The van der Waals surface area contributed by atoms with E-state index in [0.29, 0.717) is 0 Å². The second-order valence-electron chi connectivity index (χ2n) is 3.43. The number of pyridine rings is 1. The predicted molar refractivity (Wildman–Crippen MR) is 53.7 cm³/mol. The van der Waals surface area contributed by atoms with Crippen molar-refractivity contribution in [2.24, 2.45) is 0 Å². The van der Waals surface area contributed by atoms with Crippen molar-refractivity contribution in [3.63, 3.8) is 0 Å². The topological polar surface area (TPSA) is 50.2 Å². The first kappa shape index (κ1) is 11.4. The highest BCUT2D eigenvalue weighted by Gasteiger charge is 2.30. The van der Waals surface area contributed by atoms with Crippen molar-refractivity contribution in [2.75, 3.05) is 0 Å². The van der Waals surface area contributed by atoms with E-state index in [4.69, 9.17) is 5.11 Å². The minimum atomic E-state index is -4.45. The molecule has 0 bridgehead atoms. The van der Waals surface area contributed by atoms with Crippen molar-refractivity contribution >= 4 is 16.7 Å². The Morgan fingerprint density at radius 1 is 1.24 bits per heavy atom. The molecule has 2 aromatic rings. The van der Waals surface area contributed by atoms with Crippen LogP contribution in [0.3, 0.4) is 0 Å². The minimum absolute atomic E-state index is 0.115. The summed E-state index contributed by atoms with van der Waals surface area (Å²) < 4.78 is 37.3. The highest BCUT2D eigenvalue weighted by molar-refractivity contribution is 6.03. The van der Waals surface area contributed by atoms with Crippen LogP contribution in [-0.4, -0.2) is 16.1 Å². The van der Waals surface area contributed by atoms with E-state index in [2.05, 4.69) is 4.98 Å². The maximum Gasteiger partial charge on any atom is 0.416 e. The fourth-order valence-corrected chi connectivity index (χ4v) is 1.52. The molecule has 0 amide bonds. The van der Waals surface area contributed by atoms with Gasteiger partial charge in [0, 0.05) is 17.8 Å². The molecule has 0 spiro atoms. The van der Waals surface area contributed by atoms with Gasteiger partial charge in [-0.2, -0.15) is 13.2 Å². The number of carbonyl (C=O) groups is 1. The molecule has 2 rings (SSSR count). The van der Waals surface area contributed by atoms with Crippen molar-refractivity contribution in [2.45, 2.75) is 6.18 Å². The molecule has 0 aliphatic rings. The molecule has 1 aromatic heterocycles. The molecular formula is C11H6F3NO2. The summed E-state index contributed by atoms with van der Waals surface area (Å²) in [5.74, 6) is -1.22. The summed E-state index contributed by atoms with van der Waals surface area (Å²) in [6.07, 6.45) is -2.14. The first-order chi connectivity index (χ1) is 7.89. The van der Waals surface area contributed by atoms with Crippen LogP contribution in [0.15, 0.2) is 30.6 Å². The SMILES string of the molecule is O=C(O)c1cncc2cc(C(F)(F)F)ccc12. The molecule has 0 fully saturated rings. The van der Waals surface area contributed by atoms with Gasteiger partial charge in [-0.1, -0.05) is 6.07 Å². The largest absolute Gasteiger partial charge is 0.478 e. The zero-order chi connectivity index (χ0) is 12.6. The van der Waals surface area contributed by atoms with Crippen molar-refractivity contribution < 1.29 is 23.1 Å². The summed E-state index contributed by atoms with van der Waals surface area (Å²) in [7, 11) is 0. The van der Waals surface area contributed by atoms with E-state index in [0.717, 1.165) is 24.4 Å². The second-order valence-corrected chi connectivity index (χ2v) is 3.43. The summed E-state index contributed by atoms with van der Waals surface area (Å²) in [5, 5.41) is 9.24. The second kappa shape index (κ2) is 3.73. The Morgan fingerprint density at radius 2 is 1.94 bits per heavy atom.